The second kappa shape index (κ2) is 23.6. The fourth-order valence-corrected chi connectivity index (χ4v) is 4.52. The Kier molecular flexibility index (Phi) is 20.8. The zero-order valence-electron chi connectivity index (χ0n) is 27.9. The number of carbonyl (C=O) groups excluding carboxylic acids is 3. The van der Waals surface area contributed by atoms with Crippen molar-refractivity contribution in [3.8, 4) is 0 Å². The van der Waals surface area contributed by atoms with E-state index in [9.17, 15) is 24.0 Å². The standard InChI is InChI=1S/C20H26N4O4.C12H23N3O3S2/c1-13(2)9-16(22-12-15-6-4-8-18(24-15)20(27)28)11-21-10-14-5-3-7-17(23-14)19(25)26;1-8(2)14-10(16)4-3-9(15-12(18)7-20)5-13-11(17)6-19/h3-8,13,16,21-22H,9-12H2,1-2H3,(H,25,26)(H,27,28);8-9,19-20H,3-7H2,1-2H3,(H,13,17)(H,14,16)(H,15,18). The lowest BCUT2D eigenvalue weighted by Gasteiger charge is -2.21. The third-order valence-corrected chi connectivity index (χ3v) is 7.02. The van der Waals surface area contributed by atoms with Crippen LogP contribution < -0.4 is 26.6 Å². The Labute approximate surface area is 292 Å². The van der Waals surface area contributed by atoms with E-state index in [1.54, 1.807) is 24.3 Å². The van der Waals surface area contributed by atoms with E-state index >= 15 is 0 Å². The molecule has 0 saturated carbocycles. The summed E-state index contributed by atoms with van der Waals surface area (Å²) in [5, 5.41) is 32.9. The molecule has 0 radical (unpaired) electrons. The van der Waals surface area contributed by atoms with Crippen molar-refractivity contribution in [2.45, 2.75) is 78.2 Å². The number of hydrogen-bond donors (Lipinski definition) is 9. The van der Waals surface area contributed by atoms with Gasteiger partial charge in [0, 0.05) is 50.7 Å². The van der Waals surface area contributed by atoms with E-state index in [0.717, 1.165) is 6.42 Å². The maximum Gasteiger partial charge on any atom is 0.354 e. The lowest BCUT2D eigenvalue weighted by atomic mass is 10.0. The molecule has 3 amide bonds. The van der Waals surface area contributed by atoms with E-state index in [1.165, 1.54) is 12.1 Å². The van der Waals surface area contributed by atoms with Crippen LogP contribution in [0, 0.1) is 5.92 Å². The number of aromatic carboxylic acids is 2. The topological polar surface area (TPSA) is 212 Å². The molecule has 0 aliphatic rings. The van der Waals surface area contributed by atoms with Crippen molar-refractivity contribution < 1.29 is 34.2 Å². The Hall–Kier alpha value is -3.73. The average Bonchev–Trinajstić information content (AvgIpc) is 3.04. The summed E-state index contributed by atoms with van der Waals surface area (Å²) in [7, 11) is 0. The highest BCUT2D eigenvalue weighted by Gasteiger charge is 2.15. The van der Waals surface area contributed by atoms with Crippen molar-refractivity contribution in [2.24, 2.45) is 5.92 Å². The minimum Gasteiger partial charge on any atom is -0.477 e. The number of pyridine rings is 2. The first-order valence-corrected chi connectivity index (χ1v) is 16.9. The van der Waals surface area contributed by atoms with Crippen LogP contribution in [0.15, 0.2) is 36.4 Å². The Morgan fingerprint density at radius 3 is 1.79 bits per heavy atom. The summed E-state index contributed by atoms with van der Waals surface area (Å²) in [6, 6.07) is 9.81. The van der Waals surface area contributed by atoms with E-state index in [2.05, 4.69) is 75.7 Å². The number of carboxylic acids is 2. The van der Waals surface area contributed by atoms with E-state index in [4.69, 9.17) is 10.2 Å². The largest absolute Gasteiger partial charge is 0.477 e. The van der Waals surface area contributed by atoms with Gasteiger partial charge in [-0.05, 0) is 56.9 Å². The monoisotopic (exact) mass is 707 g/mol. The molecular weight excluding hydrogens is 659 g/mol. The highest BCUT2D eigenvalue weighted by Crippen LogP contribution is 2.07. The molecular formula is C32H49N7O7S2. The normalized spacial score (nSPS) is 12.0. The van der Waals surface area contributed by atoms with E-state index in [0.29, 0.717) is 43.4 Å². The number of aromatic nitrogens is 2. The van der Waals surface area contributed by atoms with Crippen molar-refractivity contribution in [3.63, 3.8) is 0 Å². The van der Waals surface area contributed by atoms with Gasteiger partial charge in [-0.1, -0.05) is 26.0 Å². The second-order valence-electron chi connectivity index (χ2n) is 11.6. The molecule has 266 valence electrons. The van der Waals surface area contributed by atoms with Crippen molar-refractivity contribution >= 4 is 54.9 Å². The van der Waals surface area contributed by atoms with Crippen LogP contribution in [0.3, 0.4) is 0 Å². The molecule has 0 aliphatic heterocycles. The fourth-order valence-electron chi connectivity index (χ4n) is 4.32. The summed E-state index contributed by atoms with van der Waals surface area (Å²) in [4.78, 5) is 64.4. The van der Waals surface area contributed by atoms with Crippen LogP contribution in [0.2, 0.25) is 0 Å². The molecule has 14 nitrogen and oxygen atoms in total. The summed E-state index contributed by atoms with van der Waals surface area (Å²) in [6.45, 7) is 9.89. The molecule has 0 aromatic carbocycles. The van der Waals surface area contributed by atoms with Gasteiger partial charge in [0.25, 0.3) is 0 Å². The number of carboxylic acid groups (broad SMARTS) is 2. The smallest absolute Gasteiger partial charge is 0.354 e. The minimum atomic E-state index is -1.04. The fraction of sp³-hybridized carbons (Fsp3) is 0.531. The summed E-state index contributed by atoms with van der Waals surface area (Å²) in [5.74, 6) is -1.99. The summed E-state index contributed by atoms with van der Waals surface area (Å²) >= 11 is 7.73. The third-order valence-electron chi connectivity index (χ3n) is 6.44. The van der Waals surface area contributed by atoms with Gasteiger partial charge in [-0.3, -0.25) is 14.4 Å². The lowest BCUT2D eigenvalue weighted by molar-refractivity contribution is -0.123. The Morgan fingerprint density at radius 2 is 1.29 bits per heavy atom. The van der Waals surface area contributed by atoms with Gasteiger partial charge >= 0.3 is 11.9 Å². The van der Waals surface area contributed by atoms with Gasteiger partial charge in [-0.15, -0.1) is 0 Å². The molecule has 0 bridgehead atoms. The van der Waals surface area contributed by atoms with E-state index in [1.807, 2.05) is 13.8 Å². The Morgan fingerprint density at radius 1 is 0.729 bits per heavy atom. The summed E-state index contributed by atoms with van der Waals surface area (Å²) in [6.07, 6.45) is 1.66. The van der Waals surface area contributed by atoms with Crippen LogP contribution in [0.4, 0.5) is 0 Å². The predicted octanol–water partition coefficient (Wildman–Crippen LogP) is 1.92. The van der Waals surface area contributed by atoms with Crippen LogP contribution in [0.25, 0.3) is 0 Å². The van der Waals surface area contributed by atoms with Crippen LogP contribution in [0.1, 0.15) is 79.3 Å². The molecule has 0 saturated heterocycles. The minimum absolute atomic E-state index is 0.0283. The number of nitrogens with one attached hydrogen (secondary N) is 5. The van der Waals surface area contributed by atoms with Crippen molar-refractivity contribution in [2.75, 3.05) is 24.6 Å². The molecule has 16 heteroatoms. The maximum absolute atomic E-state index is 11.6. The highest BCUT2D eigenvalue weighted by atomic mass is 32.1. The molecule has 0 aliphatic carbocycles. The van der Waals surface area contributed by atoms with Gasteiger partial charge in [0.05, 0.1) is 22.9 Å². The predicted molar refractivity (Wildman–Crippen MR) is 189 cm³/mol. The van der Waals surface area contributed by atoms with Crippen LogP contribution >= 0.6 is 25.3 Å². The maximum atomic E-state index is 11.6. The van der Waals surface area contributed by atoms with Crippen molar-refractivity contribution in [1.82, 2.24) is 36.6 Å². The highest BCUT2D eigenvalue weighted by molar-refractivity contribution is 7.81. The van der Waals surface area contributed by atoms with Gasteiger partial charge in [0.15, 0.2) is 0 Å². The lowest BCUT2D eigenvalue weighted by Crippen LogP contribution is -2.45. The second-order valence-corrected chi connectivity index (χ2v) is 12.3. The van der Waals surface area contributed by atoms with Crippen LogP contribution in [-0.2, 0) is 27.5 Å². The molecule has 2 heterocycles. The molecule has 2 aromatic rings. The Balaban J connectivity index is 0.000000511. The first kappa shape index (κ1) is 42.3. The van der Waals surface area contributed by atoms with Crippen LogP contribution in [0.5, 0.6) is 0 Å². The number of carbonyl (C=O) groups is 5. The molecule has 2 atom stereocenters. The summed E-state index contributed by atoms with van der Waals surface area (Å²) < 4.78 is 0. The quantitative estimate of drug-likeness (QED) is 0.0908. The summed E-state index contributed by atoms with van der Waals surface area (Å²) in [5.41, 5.74) is 1.39. The van der Waals surface area contributed by atoms with Gasteiger partial charge in [-0.2, -0.15) is 25.3 Å². The SMILES string of the molecule is CC(C)CC(CNCc1cccc(C(=O)O)n1)NCc1cccc(C(=O)O)n1.CC(C)NC(=O)CCC(CNC(=O)CS)NC(=O)CS. The molecule has 0 spiro atoms. The first-order valence-electron chi connectivity index (χ1n) is 15.6. The number of thiol groups is 2. The average molecular weight is 708 g/mol. The number of nitrogens with zero attached hydrogens (tertiary/aromatic N) is 2. The molecule has 7 N–H and O–H groups in total. The van der Waals surface area contributed by atoms with Gasteiger partial charge in [-0.25, -0.2) is 19.6 Å². The Bertz CT molecular complexity index is 1330. The van der Waals surface area contributed by atoms with Crippen molar-refractivity contribution in [3.05, 3.63) is 59.2 Å². The molecule has 2 rings (SSSR count). The van der Waals surface area contributed by atoms with Gasteiger partial charge in [0.2, 0.25) is 17.7 Å². The number of rotatable bonds is 20. The van der Waals surface area contributed by atoms with Crippen molar-refractivity contribution in [1.29, 1.82) is 0 Å². The molecule has 2 aromatic heterocycles. The first-order chi connectivity index (χ1) is 22.7. The van der Waals surface area contributed by atoms with E-state index in [-0.39, 0.29) is 71.7 Å². The third kappa shape index (κ3) is 19.2. The van der Waals surface area contributed by atoms with Gasteiger partial charge < -0.3 is 36.8 Å². The molecule has 0 fully saturated rings. The molecule has 2 unspecified atom stereocenters. The number of amides is 3. The van der Waals surface area contributed by atoms with E-state index < -0.39 is 11.9 Å². The van der Waals surface area contributed by atoms with Crippen LogP contribution in [-0.4, -0.2) is 92.6 Å². The zero-order valence-corrected chi connectivity index (χ0v) is 29.7. The van der Waals surface area contributed by atoms with Gasteiger partial charge in [0.1, 0.15) is 11.4 Å². The zero-order chi connectivity index (χ0) is 36.1. The number of hydrogen-bond acceptors (Lipinski definition) is 11. The molecule has 48 heavy (non-hydrogen) atoms.